The van der Waals surface area contributed by atoms with Crippen LogP contribution in [0.1, 0.15) is 132 Å². The Hall–Kier alpha value is -3.15. The summed E-state index contributed by atoms with van der Waals surface area (Å²) in [6.07, 6.45) is 4.29. The average molecular weight is 1060 g/mol. The first kappa shape index (κ1) is 61.1. The Bertz CT molecular complexity index is 2130. The molecule has 19 heteroatoms. The largest absolute Gasteiger partial charge is 0.459 e. The van der Waals surface area contributed by atoms with Crippen molar-refractivity contribution in [2.45, 2.75) is 211 Å². The molecule has 0 amide bonds. The van der Waals surface area contributed by atoms with Gasteiger partial charge in [0.1, 0.15) is 29.6 Å². The Balaban J connectivity index is 1.13. The van der Waals surface area contributed by atoms with Crippen LogP contribution in [0.3, 0.4) is 0 Å². The number of nitrogens with two attached hydrogens (primary N) is 1. The van der Waals surface area contributed by atoms with E-state index in [-0.39, 0.29) is 30.9 Å². The summed E-state index contributed by atoms with van der Waals surface area (Å²) in [7, 11) is 9.67. The number of likely N-dealkylation sites (N-methyl/N-ethyl adjacent to an activating group) is 1. The highest BCUT2D eigenvalue weighted by molar-refractivity contribution is 5.73. The van der Waals surface area contributed by atoms with Crippen molar-refractivity contribution < 1.29 is 54.3 Å². The summed E-state index contributed by atoms with van der Waals surface area (Å²) in [4.78, 5) is 21.1. The number of rotatable bonds is 17. The molecule has 0 aliphatic carbocycles. The van der Waals surface area contributed by atoms with E-state index in [9.17, 15) is 25.2 Å². The number of carbonyl (C=O) groups is 1. The van der Waals surface area contributed by atoms with Crippen molar-refractivity contribution in [1.29, 1.82) is 0 Å². The molecule has 0 radical (unpaired) electrons. The van der Waals surface area contributed by atoms with Crippen molar-refractivity contribution in [3.05, 3.63) is 53.6 Å². The zero-order valence-electron chi connectivity index (χ0n) is 48.2. The number of aliphatic hydroxyl groups is 4. The zero-order chi connectivity index (χ0) is 55.2. The van der Waals surface area contributed by atoms with Gasteiger partial charge < -0.3 is 58.8 Å². The van der Waals surface area contributed by atoms with E-state index >= 15 is 0 Å². The molecule has 1 aromatic carbocycles. The second-order valence-corrected chi connectivity index (χ2v) is 24.1. The van der Waals surface area contributed by atoms with Crippen molar-refractivity contribution in [2.75, 3.05) is 54.9 Å². The summed E-state index contributed by atoms with van der Waals surface area (Å²) in [5.41, 5.74) is 5.82. The highest BCUT2D eigenvalue weighted by atomic mass is 16.7. The Morgan fingerprint density at radius 3 is 2.32 bits per heavy atom. The lowest BCUT2D eigenvalue weighted by atomic mass is 9.68. The third-order valence-corrected chi connectivity index (χ3v) is 17.2. The van der Waals surface area contributed by atoms with Gasteiger partial charge in [0.2, 0.25) is 0 Å². The minimum Gasteiger partial charge on any atom is -0.459 e. The van der Waals surface area contributed by atoms with E-state index < -0.39 is 89.5 Å². The Morgan fingerprint density at radius 2 is 1.65 bits per heavy atom. The molecule has 426 valence electrons. The quantitative estimate of drug-likeness (QED) is 0.0756. The van der Waals surface area contributed by atoms with Gasteiger partial charge in [0.05, 0.1) is 65.3 Å². The molecule has 3 fully saturated rings. The number of aryl methyl sites for hydroxylation is 1. The molecule has 0 saturated carbocycles. The molecule has 7 N–H and O–H groups in total. The lowest BCUT2D eigenvalue weighted by Gasteiger charge is -2.51. The number of aliphatic hydroxyl groups excluding tert-OH is 2. The van der Waals surface area contributed by atoms with E-state index in [1.54, 1.807) is 21.0 Å². The van der Waals surface area contributed by atoms with E-state index in [1.165, 1.54) is 18.2 Å². The summed E-state index contributed by atoms with van der Waals surface area (Å²) in [5, 5.41) is 58.7. The number of carbonyl (C=O) groups excluding carboxylic acids is 1. The monoisotopic (exact) mass is 1060 g/mol. The van der Waals surface area contributed by atoms with E-state index in [0.717, 1.165) is 63.1 Å². The topological polar surface area (TPSA) is 216 Å². The van der Waals surface area contributed by atoms with Gasteiger partial charge in [0, 0.05) is 70.6 Å². The normalized spacial score (nSPS) is 38.1. The van der Waals surface area contributed by atoms with Crippen LogP contribution in [-0.4, -0.2) is 194 Å². The first-order valence-electron chi connectivity index (χ1n) is 27.9. The fourth-order valence-electron chi connectivity index (χ4n) is 12.6. The molecular formula is C56H98N9O10+. The highest BCUT2D eigenvalue weighted by Crippen LogP contribution is 2.45. The molecule has 75 heavy (non-hydrogen) atoms. The minimum atomic E-state index is -1.77. The molecular weight excluding hydrogens is 959 g/mol. The van der Waals surface area contributed by atoms with Crippen LogP contribution in [0.2, 0.25) is 0 Å². The number of ether oxygens (including phenoxy) is 5. The number of quaternary nitrogens is 1. The third kappa shape index (κ3) is 15.4. The first-order valence-corrected chi connectivity index (χ1v) is 27.9. The van der Waals surface area contributed by atoms with Crippen molar-refractivity contribution in [1.82, 2.24) is 40.2 Å². The summed E-state index contributed by atoms with van der Waals surface area (Å²) in [6, 6.07) is 8.19. The standard InChI is InChI=1S/C56H97N9O10/c1-16-47-56(10,70)50(66)39(6)63(14)31-35(2)29-54(8,69)52(37(4)49(38(5)53(68)74-47)46-30-55(9,71-15)51(67)40(7)73-46)75-48-28-45(27-36(3)72-48)62(13)26-24-42-33-64(59-57-42)25-18-17-19-41-20-22-44(23-21-41)65-34-43(58-60-65)32-61(11)12/h20-23,33-40,45-52,57,59,66-67,69-70H,16-19,24-32H2,1-15H3/p+1/t35-,36-,37+,38-,39-,40+,45+,46-,47-,48+,49?,50-,51+,52-,54-,55-,56-/m1/s1. The summed E-state index contributed by atoms with van der Waals surface area (Å²) < 4.78 is 34.5. The smallest absolute Gasteiger partial charge is 0.309 e. The van der Waals surface area contributed by atoms with Crippen molar-refractivity contribution in [3.8, 4) is 5.69 Å². The predicted molar refractivity (Wildman–Crippen MR) is 287 cm³/mol. The van der Waals surface area contributed by atoms with Gasteiger partial charge in [0.25, 0.3) is 0 Å². The van der Waals surface area contributed by atoms with Crippen molar-refractivity contribution in [2.24, 2.45) is 23.7 Å². The van der Waals surface area contributed by atoms with Crippen LogP contribution in [0.4, 0.5) is 0 Å². The molecule has 1 aromatic heterocycles. The molecule has 0 bridgehead atoms. The molecule has 5 heterocycles. The molecule has 19 nitrogen and oxygen atoms in total. The fourth-order valence-corrected chi connectivity index (χ4v) is 12.6. The number of esters is 1. The van der Waals surface area contributed by atoms with E-state index in [2.05, 4.69) is 87.4 Å². The Morgan fingerprint density at radius 1 is 0.947 bits per heavy atom. The number of hydrogen-bond acceptors (Lipinski definition) is 17. The van der Waals surface area contributed by atoms with Crippen molar-refractivity contribution in [3.63, 3.8) is 0 Å². The lowest BCUT2D eigenvalue weighted by Crippen LogP contribution is -2.90. The van der Waals surface area contributed by atoms with Crippen LogP contribution in [0.25, 0.3) is 5.69 Å². The second-order valence-electron chi connectivity index (χ2n) is 24.1. The Kier molecular flexibility index (Phi) is 21.3. The van der Waals surface area contributed by atoms with Crippen LogP contribution in [0, 0.1) is 23.7 Å². The number of hydrogen-bond donors (Lipinski definition) is 6. The predicted octanol–water partition coefficient (Wildman–Crippen LogP) is 3.77. The fraction of sp³-hybridized carbons (Fsp3) is 0.804. The van der Waals surface area contributed by atoms with Crippen LogP contribution in [-0.2, 0) is 41.4 Å². The van der Waals surface area contributed by atoms with Gasteiger partial charge in [-0.15, -0.1) is 5.10 Å². The van der Waals surface area contributed by atoms with Crippen LogP contribution in [0.5, 0.6) is 0 Å². The van der Waals surface area contributed by atoms with E-state index in [1.807, 2.05) is 71.5 Å². The minimum absolute atomic E-state index is 0.0865. The summed E-state index contributed by atoms with van der Waals surface area (Å²) in [5.74, 6) is -2.65. The zero-order valence-corrected chi connectivity index (χ0v) is 48.2. The van der Waals surface area contributed by atoms with Gasteiger partial charge in [-0.25, -0.2) is 10.1 Å². The maximum atomic E-state index is 14.6. The summed E-state index contributed by atoms with van der Waals surface area (Å²) >= 11 is 0. The molecule has 6 rings (SSSR count). The van der Waals surface area contributed by atoms with Gasteiger partial charge in [-0.05, 0) is 138 Å². The first-order chi connectivity index (χ1) is 35.3. The SMILES string of the molecule is CC[C@H]1OC(=O)[C@H](C)C([C@H]2C[C@@](C)(OC)[C@@H](O)[C@H](C)O2)[C@H](C)[C@@H](O[C@H]2C[C@@H](N(C)CCC3=CN(CCCCc4ccc(-n5cc(CN(C)C)nn5)cc4)N[NH2+]3)C[C@@H](C)O2)[C@](C)(O)C[C@@H](C)CN(C)[C@H](C)[C@@H](O)[C@]1(C)O. The molecule has 0 spiro atoms. The number of unbranched alkanes of at least 4 members (excludes halogenated alkanes) is 1. The van der Waals surface area contributed by atoms with Gasteiger partial charge in [-0.2, -0.15) is 0 Å². The number of cyclic esters (lactones) is 1. The van der Waals surface area contributed by atoms with Gasteiger partial charge in [-0.3, -0.25) is 9.80 Å². The number of nitrogens with zero attached hydrogens (tertiary/aromatic N) is 7. The number of aromatic nitrogens is 3. The average Bonchev–Trinajstić information content (AvgIpc) is 4.02. The number of benzene rings is 1. The molecule has 1 unspecified atom stereocenters. The van der Waals surface area contributed by atoms with Gasteiger partial charge in [-0.1, -0.05) is 50.6 Å². The Labute approximate surface area is 448 Å². The maximum absolute atomic E-state index is 14.6. The van der Waals surface area contributed by atoms with E-state index in [4.69, 9.17) is 23.7 Å². The molecule has 2 aromatic rings. The molecule has 17 atom stereocenters. The molecule has 4 aliphatic rings. The number of hydrazine groups is 1. The molecule has 3 saturated heterocycles. The third-order valence-electron chi connectivity index (χ3n) is 17.2. The number of nitrogens with one attached hydrogen (secondary N) is 1. The maximum Gasteiger partial charge on any atom is 0.309 e. The van der Waals surface area contributed by atoms with Gasteiger partial charge in [0.15, 0.2) is 6.29 Å². The number of methoxy groups -OCH3 is 1. The molecule has 4 aliphatic heterocycles. The second kappa shape index (κ2) is 26.2. The lowest BCUT2D eigenvalue weighted by molar-refractivity contribution is -0.678. The van der Waals surface area contributed by atoms with Gasteiger partial charge >= 0.3 is 5.97 Å². The van der Waals surface area contributed by atoms with Crippen LogP contribution in [0.15, 0.2) is 42.4 Å². The highest BCUT2D eigenvalue weighted by Gasteiger charge is 2.54. The van der Waals surface area contributed by atoms with Crippen LogP contribution < -0.4 is 11.0 Å². The van der Waals surface area contributed by atoms with Crippen molar-refractivity contribution >= 4 is 5.97 Å². The van der Waals surface area contributed by atoms with E-state index in [0.29, 0.717) is 19.4 Å². The van der Waals surface area contributed by atoms with Crippen LogP contribution >= 0.6 is 0 Å². The summed E-state index contributed by atoms with van der Waals surface area (Å²) in [6.45, 7) is 21.6.